The molecular weight excluding hydrogens is 359 g/mol. The number of halogens is 3. The van der Waals surface area contributed by atoms with Crippen LogP contribution in [0.5, 0.6) is 0 Å². The minimum atomic E-state index is -1.55. The summed E-state index contributed by atoms with van der Waals surface area (Å²) in [6.07, 6.45) is 0. The molecule has 1 atom stereocenters. The highest BCUT2D eigenvalue weighted by Crippen LogP contribution is 2.45. The third-order valence-corrected chi connectivity index (χ3v) is 6.34. The number of carboxylic acids is 1. The Kier molecular flexibility index (Phi) is 4.87. The summed E-state index contributed by atoms with van der Waals surface area (Å²) in [6.45, 7) is 1.62. The number of aliphatic carboxylic acids is 1. The molecule has 0 aromatic heterocycles. The molecule has 0 radical (unpaired) electrons. The quantitative estimate of drug-likeness (QED) is 0.772. The number of nitrogens with one attached hydrogen (secondary N) is 1. The van der Waals surface area contributed by atoms with Gasteiger partial charge < -0.3 is 10.4 Å². The summed E-state index contributed by atoms with van der Waals surface area (Å²) in [7, 11) is 0. The van der Waals surface area contributed by atoms with Gasteiger partial charge in [-0.15, -0.1) is 11.8 Å². The van der Waals surface area contributed by atoms with Crippen LogP contribution in [0.15, 0.2) is 34.0 Å². The summed E-state index contributed by atoms with van der Waals surface area (Å²) in [4.78, 5) is 12.5. The van der Waals surface area contributed by atoms with Crippen LogP contribution in [-0.4, -0.2) is 28.3 Å². The van der Waals surface area contributed by atoms with Crippen molar-refractivity contribution in [2.45, 2.75) is 12.8 Å². The molecule has 0 bridgehead atoms. The van der Waals surface area contributed by atoms with Crippen LogP contribution in [0.25, 0.3) is 0 Å². The monoisotopic (exact) mass is 373 g/mol. The van der Waals surface area contributed by atoms with Gasteiger partial charge in [-0.3, -0.25) is 0 Å². The summed E-state index contributed by atoms with van der Waals surface area (Å²) < 4.78 is 40.7. The van der Waals surface area contributed by atoms with Crippen LogP contribution in [0.1, 0.15) is 18.4 Å². The fourth-order valence-electron chi connectivity index (χ4n) is 2.88. The summed E-state index contributed by atoms with van der Waals surface area (Å²) >= 11 is 3.17. The van der Waals surface area contributed by atoms with Crippen molar-refractivity contribution < 1.29 is 23.1 Å². The van der Waals surface area contributed by atoms with E-state index in [1.165, 1.54) is 11.8 Å². The highest BCUT2D eigenvalue weighted by molar-refractivity contribution is 8.05. The highest BCUT2D eigenvalue weighted by atomic mass is 32.2. The molecule has 2 heterocycles. The third kappa shape index (κ3) is 3.04. The zero-order valence-corrected chi connectivity index (χ0v) is 14.3. The van der Waals surface area contributed by atoms with Crippen molar-refractivity contribution in [1.82, 2.24) is 5.32 Å². The lowest BCUT2D eigenvalue weighted by Gasteiger charge is -2.30. The number of benzene rings is 1. The molecule has 1 aromatic carbocycles. The number of dihydropyridines is 1. The van der Waals surface area contributed by atoms with Crippen molar-refractivity contribution in [3.05, 3.63) is 57.0 Å². The van der Waals surface area contributed by atoms with Gasteiger partial charge in [0.2, 0.25) is 0 Å². The molecule has 3 rings (SSSR count). The molecule has 3 nitrogen and oxygen atoms in total. The fourth-order valence-corrected chi connectivity index (χ4v) is 5.29. The number of hydrogen-bond acceptors (Lipinski definition) is 4. The predicted octanol–water partition coefficient (Wildman–Crippen LogP) is 3.84. The molecule has 2 N–H and O–H groups in total. The smallest absolute Gasteiger partial charge is 0.334 e. The first kappa shape index (κ1) is 17.3. The maximum absolute atomic E-state index is 13.7. The summed E-state index contributed by atoms with van der Waals surface area (Å²) in [5.74, 6) is -3.86. The largest absolute Gasteiger partial charge is 0.478 e. The normalized spacial score (nSPS) is 21.2. The number of rotatable bonds is 2. The predicted molar refractivity (Wildman–Crippen MR) is 89.3 cm³/mol. The van der Waals surface area contributed by atoms with E-state index in [0.29, 0.717) is 11.4 Å². The maximum Gasteiger partial charge on any atom is 0.334 e. The molecule has 128 valence electrons. The summed E-state index contributed by atoms with van der Waals surface area (Å²) in [5.41, 5.74) is 1.41. The van der Waals surface area contributed by atoms with Crippen LogP contribution >= 0.6 is 23.5 Å². The molecule has 24 heavy (non-hydrogen) atoms. The molecule has 0 spiro atoms. The van der Waals surface area contributed by atoms with Crippen LogP contribution in [-0.2, 0) is 4.79 Å². The van der Waals surface area contributed by atoms with E-state index in [9.17, 15) is 23.1 Å². The van der Waals surface area contributed by atoms with E-state index in [4.69, 9.17) is 0 Å². The van der Waals surface area contributed by atoms with Gasteiger partial charge in [0.1, 0.15) is 0 Å². The Morgan fingerprint density at radius 1 is 1.25 bits per heavy atom. The second kappa shape index (κ2) is 6.76. The van der Waals surface area contributed by atoms with Gasteiger partial charge in [-0.05, 0) is 24.6 Å². The highest BCUT2D eigenvalue weighted by Gasteiger charge is 2.35. The molecule has 1 aromatic rings. The van der Waals surface area contributed by atoms with Gasteiger partial charge in [-0.1, -0.05) is 0 Å². The van der Waals surface area contributed by atoms with Crippen molar-refractivity contribution in [3.8, 4) is 0 Å². The second-order valence-corrected chi connectivity index (χ2v) is 7.69. The average Bonchev–Trinajstić information content (AvgIpc) is 2.75. The van der Waals surface area contributed by atoms with Crippen molar-refractivity contribution in [2.24, 2.45) is 0 Å². The Morgan fingerprint density at radius 2 is 1.92 bits per heavy atom. The molecule has 1 unspecified atom stereocenters. The lowest BCUT2D eigenvalue weighted by atomic mass is 9.86. The second-order valence-electron chi connectivity index (χ2n) is 5.44. The number of allylic oxidation sites excluding steroid dienone is 2. The number of hydrogen-bond donors (Lipinski definition) is 2. The minimum Gasteiger partial charge on any atom is -0.478 e. The molecule has 0 saturated carbocycles. The molecule has 2 aliphatic rings. The Morgan fingerprint density at radius 3 is 2.54 bits per heavy atom. The molecule has 0 aliphatic carbocycles. The van der Waals surface area contributed by atoms with E-state index in [1.54, 1.807) is 18.7 Å². The molecule has 8 heteroatoms. The Hall–Kier alpha value is -1.54. The molecule has 2 aliphatic heterocycles. The Bertz CT molecular complexity index is 754. The van der Waals surface area contributed by atoms with Crippen LogP contribution < -0.4 is 5.32 Å². The molecule has 0 amide bonds. The lowest BCUT2D eigenvalue weighted by molar-refractivity contribution is -0.133. The van der Waals surface area contributed by atoms with Gasteiger partial charge >= 0.3 is 5.97 Å². The van der Waals surface area contributed by atoms with Crippen molar-refractivity contribution in [3.63, 3.8) is 0 Å². The SMILES string of the molecule is CC1=C(C(=O)O)C(c2cc(F)c(F)c(F)c2)C2=C(CSCCS2)N1. The number of thioether (sulfide) groups is 2. The van der Waals surface area contributed by atoms with Crippen LogP contribution in [0.4, 0.5) is 13.2 Å². The first-order valence-electron chi connectivity index (χ1n) is 7.19. The van der Waals surface area contributed by atoms with Crippen molar-refractivity contribution >= 4 is 29.5 Å². The average molecular weight is 373 g/mol. The topological polar surface area (TPSA) is 49.3 Å². The summed E-state index contributed by atoms with van der Waals surface area (Å²) in [5, 5.41) is 12.7. The standard InChI is InChI=1S/C16H14F3NO2S2/c1-7-12(16(21)22)13(8-4-9(17)14(19)10(18)5-8)15-11(20-7)6-23-2-3-24-15/h4-5,13,20H,2-3,6H2,1H3,(H,21,22). The third-order valence-electron chi connectivity index (χ3n) is 3.89. The van der Waals surface area contributed by atoms with Crippen LogP contribution in [0, 0.1) is 17.5 Å². The van der Waals surface area contributed by atoms with E-state index >= 15 is 0 Å². The Balaban J connectivity index is 2.19. The van der Waals surface area contributed by atoms with Crippen LogP contribution in [0.2, 0.25) is 0 Å². The molecular formula is C16H14F3NO2S2. The Labute approximate surface area is 145 Å². The summed E-state index contributed by atoms with van der Waals surface area (Å²) in [6, 6.07) is 1.77. The number of carbonyl (C=O) groups is 1. The zero-order valence-electron chi connectivity index (χ0n) is 12.7. The number of carboxylic acid groups (broad SMARTS) is 1. The van der Waals surface area contributed by atoms with Gasteiger partial charge in [-0.25, -0.2) is 18.0 Å². The van der Waals surface area contributed by atoms with E-state index in [-0.39, 0.29) is 11.1 Å². The zero-order chi connectivity index (χ0) is 17.4. The lowest BCUT2D eigenvalue weighted by Crippen LogP contribution is -2.29. The van der Waals surface area contributed by atoms with E-state index < -0.39 is 29.3 Å². The first-order valence-corrected chi connectivity index (χ1v) is 9.33. The molecule has 0 saturated heterocycles. The first-order chi connectivity index (χ1) is 11.4. The van der Waals surface area contributed by atoms with Crippen molar-refractivity contribution in [1.29, 1.82) is 0 Å². The van der Waals surface area contributed by atoms with Gasteiger partial charge in [0.15, 0.2) is 17.5 Å². The fraction of sp³-hybridized carbons (Fsp3) is 0.312. The van der Waals surface area contributed by atoms with Gasteiger partial charge in [0.25, 0.3) is 0 Å². The van der Waals surface area contributed by atoms with E-state index in [2.05, 4.69) is 5.32 Å². The van der Waals surface area contributed by atoms with E-state index in [0.717, 1.165) is 34.2 Å². The van der Waals surface area contributed by atoms with Gasteiger partial charge in [-0.2, -0.15) is 11.8 Å². The van der Waals surface area contributed by atoms with Gasteiger partial charge in [0.05, 0.1) is 11.5 Å². The van der Waals surface area contributed by atoms with E-state index in [1.807, 2.05) is 0 Å². The van der Waals surface area contributed by atoms with Gasteiger partial charge in [0, 0.05) is 33.6 Å². The van der Waals surface area contributed by atoms with Crippen molar-refractivity contribution in [2.75, 3.05) is 17.3 Å². The minimum absolute atomic E-state index is 0.0264. The molecule has 0 fully saturated rings. The maximum atomic E-state index is 13.7. The van der Waals surface area contributed by atoms with Crippen LogP contribution in [0.3, 0.4) is 0 Å².